The number of hydrogen-bond acceptors (Lipinski definition) is 8. The highest BCUT2D eigenvalue weighted by atomic mass is 35.5. The summed E-state index contributed by atoms with van der Waals surface area (Å²) < 4.78 is 10.8. The molecule has 1 aromatic carbocycles. The third-order valence-corrected chi connectivity index (χ3v) is 6.21. The van der Waals surface area contributed by atoms with Crippen molar-refractivity contribution in [2.24, 2.45) is 10.9 Å². The molecular weight excluding hydrogens is 456 g/mol. The molecule has 2 aromatic rings. The fourth-order valence-corrected chi connectivity index (χ4v) is 4.40. The lowest BCUT2D eigenvalue weighted by atomic mass is 10.1. The predicted molar refractivity (Wildman–Crippen MR) is 131 cm³/mol. The summed E-state index contributed by atoms with van der Waals surface area (Å²) >= 11 is 6.35. The lowest BCUT2D eigenvalue weighted by Crippen LogP contribution is -2.25. The number of ether oxygens (including phenoxy) is 2. The summed E-state index contributed by atoms with van der Waals surface area (Å²) in [6.07, 6.45) is 4.23. The van der Waals surface area contributed by atoms with Crippen LogP contribution >= 0.6 is 11.6 Å². The minimum absolute atomic E-state index is 0.0161. The summed E-state index contributed by atoms with van der Waals surface area (Å²) in [4.78, 5) is 26.8. The van der Waals surface area contributed by atoms with Crippen molar-refractivity contribution < 1.29 is 19.1 Å². The summed E-state index contributed by atoms with van der Waals surface area (Å²) in [7, 11) is 0. The molecule has 182 valence electrons. The fourth-order valence-electron chi connectivity index (χ4n) is 4.19. The zero-order chi connectivity index (χ0) is 24.3. The van der Waals surface area contributed by atoms with Crippen LogP contribution in [0.2, 0.25) is 5.02 Å². The number of anilines is 1. The van der Waals surface area contributed by atoms with E-state index in [-0.39, 0.29) is 24.0 Å². The predicted octanol–water partition coefficient (Wildman–Crippen LogP) is 4.82. The number of hydroxylamine groups is 1. The summed E-state index contributed by atoms with van der Waals surface area (Å²) in [6.45, 7) is 7.95. The van der Waals surface area contributed by atoms with Gasteiger partial charge in [0.2, 0.25) is 11.6 Å². The number of carbonyl (C=O) groups is 1. The SMILES string of the molecule is CCOC(=O)[C@@H]1CC[C@H](Nc2ccc(C3=NC(C)(c4cnc(OC(C)C)c(Cl)c4)ON3)cc2)C1. The number of carbonyl (C=O) groups excluding carboxylic acids is 1. The van der Waals surface area contributed by atoms with Gasteiger partial charge in [0.1, 0.15) is 5.02 Å². The maximum atomic E-state index is 12.0. The van der Waals surface area contributed by atoms with Gasteiger partial charge in [0, 0.05) is 29.1 Å². The van der Waals surface area contributed by atoms with Crippen molar-refractivity contribution in [3.05, 3.63) is 52.7 Å². The molecule has 2 N–H and O–H groups in total. The highest BCUT2D eigenvalue weighted by molar-refractivity contribution is 6.31. The van der Waals surface area contributed by atoms with Crippen molar-refractivity contribution in [3.63, 3.8) is 0 Å². The molecule has 8 nitrogen and oxygen atoms in total. The minimum Gasteiger partial charge on any atom is -0.474 e. The van der Waals surface area contributed by atoms with Crippen LogP contribution in [0.4, 0.5) is 5.69 Å². The Bertz CT molecular complexity index is 1060. The number of esters is 1. The number of aromatic nitrogens is 1. The average molecular weight is 487 g/mol. The number of benzene rings is 1. The van der Waals surface area contributed by atoms with E-state index in [1.54, 1.807) is 12.3 Å². The van der Waals surface area contributed by atoms with Gasteiger partial charge >= 0.3 is 5.97 Å². The van der Waals surface area contributed by atoms with Crippen LogP contribution in [0, 0.1) is 5.92 Å². The Hall–Kier alpha value is -2.84. The molecule has 1 saturated carbocycles. The maximum absolute atomic E-state index is 12.0. The van der Waals surface area contributed by atoms with Crippen LogP contribution < -0.4 is 15.5 Å². The van der Waals surface area contributed by atoms with E-state index in [0.29, 0.717) is 28.9 Å². The van der Waals surface area contributed by atoms with Gasteiger partial charge in [0.25, 0.3) is 0 Å². The highest BCUT2D eigenvalue weighted by Gasteiger charge is 2.35. The Kier molecular flexibility index (Phi) is 7.28. The molecule has 1 aliphatic heterocycles. The van der Waals surface area contributed by atoms with E-state index >= 15 is 0 Å². The van der Waals surface area contributed by atoms with Crippen LogP contribution in [-0.2, 0) is 20.1 Å². The molecule has 0 amide bonds. The Morgan fingerprint density at radius 1 is 1.32 bits per heavy atom. The monoisotopic (exact) mass is 486 g/mol. The first-order chi connectivity index (χ1) is 16.3. The first-order valence-corrected chi connectivity index (χ1v) is 12.1. The van der Waals surface area contributed by atoms with Crippen LogP contribution in [0.25, 0.3) is 0 Å². The first-order valence-electron chi connectivity index (χ1n) is 11.7. The molecule has 9 heteroatoms. The Morgan fingerprint density at radius 2 is 2.09 bits per heavy atom. The molecule has 4 rings (SSSR count). The molecule has 1 unspecified atom stereocenters. The lowest BCUT2D eigenvalue weighted by Gasteiger charge is -2.19. The van der Waals surface area contributed by atoms with Crippen LogP contribution in [0.3, 0.4) is 0 Å². The Labute approximate surface area is 205 Å². The van der Waals surface area contributed by atoms with Gasteiger partial charge in [-0.2, -0.15) is 0 Å². The second kappa shape index (κ2) is 10.2. The van der Waals surface area contributed by atoms with Gasteiger partial charge in [-0.3, -0.25) is 4.79 Å². The molecule has 1 fully saturated rings. The van der Waals surface area contributed by atoms with Gasteiger partial charge in [-0.05, 0) is 77.3 Å². The van der Waals surface area contributed by atoms with E-state index < -0.39 is 5.72 Å². The van der Waals surface area contributed by atoms with Gasteiger partial charge in [-0.1, -0.05) is 11.6 Å². The summed E-state index contributed by atoms with van der Waals surface area (Å²) in [5.41, 5.74) is 4.56. The zero-order valence-electron chi connectivity index (χ0n) is 19.9. The van der Waals surface area contributed by atoms with Crippen molar-refractivity contribution in [3.8, 4) is 5.88 Å². The van der Waals surface area contributed by atoms with Gasteiger partial charge < -0.3 is 14.8 Å². The fraction of sp³-hybridized carbons (Fsp3) is 0.480. The van der Waals surface area contributed by atoms with Crippen molar-refractivity contribution in [1.82, 2.24) is 10.5 Å². The van der Waals surface area contributed by atoms with E-state index in [1.165, 1.54) is 0 Å². The van der Waals surface area contributed by atoms with Crippen molar-refractivity contribution in [2.75, 3.05) is 11.9 Å². The van der Waals surface area contributed by atoms with Crippen LogP contribution in [0.1, 0.15) is 58.1 Å². The van der Waals surface area contributed by atoms with E-state index in [0.717, 1.165) is 30.5 Å². The van der Waals surface area contributed by atoms with Crippen LogP contribution in [-0.4, -0.2) is 35.5 Å². The van der Waals surface area contributed by atoms with Gasteiger partial charge in [0.15, 0.2) is 5.84 Å². The molecule has 2 heterocycles. The van der Waals surface area contributed by atoms with Gasteiger partial charge in [-0.15, -0.1) is 0 Å². The number of aliphatic imine (C=N–C) groups is 1. The normalized spacial score (nSPS) is 24.0. The number of nitrogens with one attached hydrogen (secondary N) is 2. The molecule has 0 spiro atoms. The smallest absolute Gasteiger partial charge is 0.308 e. The number of amidine groups is 1. The molecule has 0 radical (unpaired) electrons. The topological polar surface area (TPSA) is 94.1 Å². The first kappa shape index (κ1) is 24.3. The molecule has 0 saturated heterocycles. The van der Waals surface area contributed by atoms with Crippen molar-refractivity contribution in [1.29, 1.82) is 0 Å². The van der Waals surface area contributed by atoms with E-state index in [2.05, 4.69) is 15.8 Å². The molecule has 34 heavy (non-hydrogen) atoms. The highest BCUT2D eigenvalue weighted by Crippen LogP contribution is 2.34. The number of hydrogen-bond donors (Lipinski definition) is 2. The van der Waals surface area contributed by atoms with Crippen molar-refractivity contribution >= 4 is 29.1 Å². The van der Waals surface area contributed by atoms with Crippen LogP contribution in [0.5, 0.6) is 5.88 Å². The molecule has 2 aliphatic rings. The van der Waals surface area contributed by atoms with E-state index in [1.807, 2.05) is 52.0 Å². The Balaban J connectivity index is 1.41. The van der Waals surface area contributed by atoms with Gasteiger partial charge in [-0.25, -0.2) is 20.3 Å². The molecule has 1 aromatic heterocycles. The number of nitrogens with zero attached hydrogens (tertiary/aromatic N) is 2. The standard InChI is InChI=1S/C25H31ClN4O4/c1-5-32-24(31)17-8-11-20(12-17)28-19-9-6-16(7-10-19)22-29-25(4,34-30-22)18-13-21(26)23(27-14-18)33-15(2)3/h6-7,9-10,13-15,17,20,28H,5,8,11-12H2,1-4H3,(H,29,30)/t17-,20+,25?/m1/s1. The van der Waals surface area contributed by atoms with Gasteiger partial charge in [0.05, 0.1) is 18.6 Å². The minimum atomic E-state index is -0.967. The number of halogens is 1. The third-order valence-electron chi connectivity index (χ3n) is 5.94. The molecule has 3 atom stereocenters. The second-order valence-electron chi connectivity index (χ2n) is 9.01. The van der Waals surface area contributed by atoms with Crippen molar-refractivity contribution in [2.45, 2.75) is 64.8 Å². The molecule has 0 bridgehead atoms. The number of rotatable bonds is 8. The third kappa shape index (κ3) is 5.45. The van der Waals surface area contributed by atoms with Crippen LogP contribution in [0.15, 0.2) is 41.5 Å². The van der Waals surface area contributed by atoms with E-state index in [9.17, 15) is 4.79 Å². The number of pyridine rings is 1. The average Bonchev–Trinajstić information content (AvgIpc) is 3.43. The quantitative estimate of drug-likeness (QED) is 0.516. The largest absolute Gasteiger partial charge is 0.474 e. The lowest BCUT2D eigenvalue weighted by molar-refractivity contribution is -0.147. The zero-order valence-corrected chi connectivity index (χ0v) is 20.7. The Morgan fingerprint density at radius 3 is 2.76 bits per heavy atom. The summed E-state index contributed by atoms with van der Waals surface area (Å²) in [5.74, 6) is 0.903. The summed E-state index contributed by atoms with van der Waals surface area (Å²) in [6, 6.07) is 9.98. The van der Waals surface area contributed by atoms with E-state index in [4.69, 9.17) is 30.9 Å². The summed E-state index contributed by atoms with van der Waals surface area (Å²) in [5, 5.41) is 3.93. The second-order valence-corrected chi connectivity index (χ2v) is 9.41. The molecule has 1 aliphatic carbocycles. The maximum Gasteiger partial charge on any atom is 0.308 e. The molecular formula is C25H31ClN4O4.